The van der Waals surface area contributed by atoms with Crippen LogP contribution in [-0.4, -0.2) is 23.7 Å². The van der Waals surface area contributed by atoms with Gasteiger partial charge in [-0.05, 0) is 38.1 Å². The molecule has 0 bridgehead atoms. The largest absolute Gasteiger partial charge is 0.471 e. The second-order valence-corrected chi connectivity index (χ2v) is 6.26. The minimum atomic E-state index is -1.18. The third-order valence-corrected chi connectivity index (χ3v) is 4.55. The molecule has 1 aromatic rings. The fourth-order valence-electron chi connectivity index (χ4n) is 2.81. The lowest BCUT2D eigenvalue weighted by Gasteiger charge is -2.27. The van der Waals surface area contributed by atoms with Gasteiger partial charge in [0.1, 0.15) is 11.8 Å². The van der Waals surface area contributed by atoms with E-state index in [1.54, 1.807) is 25.2 Å². The first-order chi connectivity index (χ1) is 8.05. The van der Waals surface area contributed by atoms with Gasteiger partial charge in [0.25, 0.3) is 0 Å². The number of hydrogen-bond donors (Lipinski definition) is 0. The molecule has 1 aliphatic heterocycles. The van der Waals surface area contributed by atoms with Gasteiger partial charge in [0.2, 0.25) is 5.90 Å². The molecule has 1 fully saturated rings. The van der Waals surface area contributed by atoms with E-state index in [1.165, 1.54) is 0 Å². The molecule has 4 heteroatoms. The Labute approximate surface area is 105 Å². The van der Waals surface area contributed by atoms with Gasteiger partial charge in [-0.2, -0.15) is 0 Å². The fourth-order valence-corrected chi connectivity index (χ4v) is 3.47. The number of thiophene rings is 1. The average Bonchev–Trinajstić information content (AvgIpc) is 2.90. The molecular weight excluding hydrogens is 237 g/mol. The van der Waals surface area contributed by atoms with E-state index in [1.807, 2.05) is 17.5 Å². The highest BCUT2D eigenvalue weighted by Gasteiger charge is 2.49. The monoisotopic (exact) mass is 253 g/mol. The molecule has 0 spiro atoms. The Hall–Kier alpha value is -0.900. The Morgan fingerprint density at radius 3 is 2.94 bits per heavy atom. The molecule has 0 radical (unpaired) electrons. The van der Waals surface area contributed by atoms with Gasteiger partial charge in [-0.25, -0.2) is 9.38 Å². The van der Waals surface area contributed by atoms with Crippen molar-refractivity contribution >= 4 is 17.2 Å². The zero-order chi connectivity index (χ0) is 12.0. The standard InChI is InChI=1S/C13H16FNOS/c1-13(2,14)8-5-6-9-11(8)16-12(15-9)10-4-3-7-17-10/h3-4,7-9,11H,5-6H2,1-2H3/t8-,9-,11+/m0/s1. The van der Waals surface area contributed by atoms with Crippen LogP contribution in [0.5, 0.6) is 0 Å². The van der Waals surface area contributed by atoms with Gasteiger partial charge in [0, 0.05) is 5.92 Å². The number of fused-ring (bicyclic) bond motifs is 1. The average molecular weight is 253 g/mol. The Morgan fingerprint density at radius 1 is 1.47 bits per heavy atom. The van der Waals surface area contributed by atoms with Gasteiger partial charge in [-0.1, -0.05) is 6.07 Å². The highest BCUT2D eigenvalue weighted by Crippen LogP contribution is 2.43. The van der Waals surface area contributed by atoms with Gasteiger partial charge in [-0.15, -0.1) is 11.3 Å². The quantitative estimate of drug-likeness (QED) is 0.791. The molecule has 1 aliphatic carbocycles. The summed E-state index contributed by atoms with van der Waals surface area (Å²) in [6.45, 7) is 3.29. The maximum absolute atomic E-state index is 14.1. The van der Waals surface area contributed by atoms with E-state index in [0.29, 0.717) is 5.90 Å². The first-order valence-corrected chi connectivity index (χ1v) is 6.91. The minimum Gasteiger partial charge on any atom is -0.471 e. The van der Waals surface area contributed by atoms with Crippen LogP contribution in [0.25, 0.3) is 0 Å². The minimum absolute atomic E-state index is 0.0336. The molecule has 2 heterocycles. The van der Waals surface area contributed by atoms with Crippen LogP contribution in [0.1, 0.15) is 31.6 Å². The Bertz CT molecular complexity index is 435. The summed E-state index contributed by atoms with van der Waals surface area (Å²) in [6.07, 6.45) is 1.75. The molecule has 1 saturated carbocycles. The second-order valence-electron chi connectivity index (χ2n) is 5.31. The van der Waals surface area contributed by atoms with Crippen molar-refractivity contribution in [1.82, 2.24) is 0 Å². The predicted molar refractivity (Wildman–Crippen MR) is 67.4 cm³/mol. The number of aliphatic imine (C=N–C) groups is 1. The van der Waals surface area contributed by atoms with E-state index < -0.39 is 5.67 Å². The zero-order valence-corrected chi connectivity index (χ0v) is 10.8. The van der Waals surface area contributed by atoms with Gasteiger partial charge >= 0.3 is 0 Å². The smallest absolute Gasteiger partial charge is 0.227 e. The Balaban J connectivity index is 1.81. The highest BCUT2D eigenvalue weighted by molar-refractivity contribution is 7.12. The molecule has 92 valence electrons. The van der Waals surface area contributed by atoms with Crippen molar-refractivity contribution < 1.29 is 9.13 Å². The summed E-state index contributed by atoms with van der Waals surface area (Å²) in [6, 6.07) is 4.14. The van der Waals surface area contributed by atoms with E-state index in [4.69, 9.17) is 4.74 Å². The van der Waals surface area contributed by atoms with E-state index in [-0.39, 0.29) is 18.1 Å². The van der Waals surface area contributed by atoms with Crippen LogP contribution in [-0.2, 0) is 4.74 Å². The topological polar surface area (TPSA) is 21.6 Å². The Morgan fingerprint density at radius 2 is 2.29 bits per heavy atom. The molecular formula is C13H16FNOS. The lowest BCUT2D eigenvalue weighted by Crippen LogP contribution is -2.36. The molecule has 0 unspecified atom stereocenters. The van der Waals surface area contributed by atoms with Crippen LogP contribution in [0.3, 0.4) is 0 Å². The molecule has 0 aromatic carbocycles. The number of hydrogen-bond acceptors (Lipinski definition) is 3. The summed E-state index contributed by atoms with van der Waals surface area (Å²) in [5.41, 5.74) is -1.18. The molecule has 0 amide bonds. The lowest BCUT2D eigenvalue weighted by atomic mass is 9.89. The van der Waals surface area contributed by atoms with Crippen molar-refractivity contribution in [1.29, 1.82) is 0 Å². The fraction of sp³-hybridized carbons (Fsp3) is 0.615. The van der Waals surface area contributed by atoms with Crippen molar-refractivity contribution in [3.05, 3.63) is 22.4 Å². The van der Waals surface area contributed by atoms with E-state index in [2.05, 4.69) is 4.99 Å². The molecule has 2 aliphatic rings. The van der Waals surface area contributed by atoms with Crippen LogP contribution in [0, 0.1) is 5.92 Å². The number of alkyl halides is 1. The summed E-state index contributed by atoms with van der Waals surface area (Å²) >= 11 is 1.62. The maximum atomic E-state index is 14.1. The molecule has 0 saturated heterocycles. The number of ether oxygens (including phenoxy) is 1. The molecule has 3 rings (SSSR count). The summed E-state index contributed by atoms with van der Waals surface area (Å²) < 4.78 is 20.0. The van der Waals surface area contributed by atoms with Crippen LogP contribution in [0.4, 0.5) is 4.39 Å². The molecule has 0 N–H and O–H groups in total. The second kappa shape index (κ2) is 3.80. The van der Waals surface area contributed by atoms with Gasteiger partial charge in [-0.3, -0.25) is 0 Å². The first-order valence-electron chi connectivity index (χ1n) is 6.03. The summed E-state index contributed by atoms with van der Waals surface area (Å²) in [7, 11) is 0. The van der Waals surface area contributed by atoms with Crippen molar-refractivity contribution in [2.75, 3.05) is 0 Å². The number of nitrogens with zero attached hydrogens (tertiary/aromatic N) is 1. The summed E-state index contributed by atoms with van der Waals surface area (Å²) in [5, 5.41) is 2.01. The summed E-state index contributed by atoms with van der Waals surface area (Å²) in [5.74, 6) is 0.678. The van der Waals surface area contributed by atoms with E-state index >= 15 is 0 Å². The number of rotatable bonds is 2. The lowest BCUT2D eigenvalue weighted by molar-refractivity contribution is 0.0437. The third-order valence-electron chi connectivity index (χ3n) is 3.69. The first kappa shape index (κ1) is 11.2. The van der Waals surface area contributed by atoms with Crippen molar-refractivity contribution in [3.8, 4) is 0 Å². The van der Waals surface area contributed by atoms with Gasteiger partial charge in [0.15, 0.2) is 0 Å². The van der Waals surface area contributed by atoms with Crippen molar-refractivity contribution in [2.45, 2.75) is 44.5 Å². The number of halogens is 1. The zero-order valence-electron chi connectivity index (χ0n) is 10.0. The third kappa shape index (κ3) is 1.88. The molecule has 1 aromatic heterocycles. The normalized spacial score (nSPS) is 32.2. The van der Waals surface area contributed by atoms with Crippen LogP contribution in [0.15, 0.2) is 22.5 Å². The van der Waals surface area contributed by atoms with E-state index in [9.17, 15) is 4.39 Å². The van der Waals surface area contributed by atoms with Crippen molar-refractivity contribution in [2.24, 2.45) is 10.9 Å². The van der Waals surface area contributed by atoms with Crippen LogP contribution >= 0.6 is 11.3 Å². The van der Waals surface area contributed by atoms with E-state index in [0.717, 1.165) is 17.7 Å². The van der Waals surface area contributed by atoms with Crippen LogP contribution in [0.2, 0.25) is 0 Å². The highest BCUT2D eigenvalue weighted by atomic mass is 32.1. The van der Waals surface area contributed by atoms with Gasteiger partial charge < -0.3 is 4.74 Å². The summed E-state index contributed by atoms with van der Waals surface area (Å²) in [4.78, 5) is 5.65. The van der Waals surface area contributed by atoms with Crippen LogP contribution < -0.4 is 0 Å². The molecule has 17 heavy (non-hydrogen) atoms. The molecule has 3 atom stereocenters. The molecule has 2 nitrogen and oxygen atoms in total. The Kier molecular flexibility index (Phi) is 2.51. The van der Waals surface area contributed by atoms with Crippen molar-refractivity contribution in [3.63, 3.8) is 0 Å². The maximum Gasteiger partial charge on any atom is 0.227 e. The predicted octanol–water partition coefficient (Wildman–Crippen LogP) is 3.42. The SMILES string of the molecule is CC(C)(F)[C@H]1CC[C@@H]2N=C(c3cccs3)O[C@@H]21. The van der Waals surface area contributed by atoms with Gasteiger partial charge in [0.05, 0.1) is 10.9 Å².